The van der Waals surface area contributed by atoms with Crippen molar-refractivity contribution in [3.63, 3.8) is 0 Å². The summed E-state index contributed by atoms with van der Waals surface area (Å²) in [6, 6.07) is 17.8. The summed E-state index contributed by atoms with van der Waals surface area (Å²) < 4.78 is 0. The van der Waals surface area contributed by atoms with E-state index in [-0.39, 0.29) is 29.9 Å². The van der Waals surface area contributed by atoms with Gasteiger partial charge in [-0.15, -0.1) is 24.0 Å². The minimum Gasteiger partial charge on any atom is -0.384 e. The fourth-order valence-electron chi connectivity index (χ4n) is 3.59. The molecule has 2 aromatic rings. The third-order valence-corrected chi connectivity index (χ3v) is 5.30. The van der Waals surface area contributed by atoms with Crippen LogP contribution in [0.1, 0.15) is 43.4 Å². The van der Waals surface area contributed by atoms with Crippen LogP contribution in [0.25, 0.3) is 0 Å². The number of nitrogens with zero attached hydrogens (tertiary/aromatic N) is 2. The van der Waals surface area contributed by atoms with E-state index < -0.39 is 5.60 Å². The Morgan fingerprint density at radius 2 is 1.87 bits per heavy atom. The maximum absolute atomic E-state index is 11.9. The molecule has 0 spiro atoms. The summed E-state index contributed by atoms with van der Waals surface area (Å²) in [6.07, 6.45) is 1.61. The number of carbonyl (C=O) groups excluding carboxylic acids is 1. The van der Waals surface area contributed by atoms with Gasteiger partial charge in [0.15, 0.2) is 5.96 Å². The van der Waals surface area contributed by atoms with Crippen LogP contribution in [-0.4, -0.2) is 41.5 Å². The van der Waals surface area contributed by atoms with Gasteiger partial charge >= 0.3 is 0 Å². The molecule has 2 aromatic carbocycles. The Kier molecular flexibility index (Phi) is 9.77. The molecule has 0 aliphatic carbocycles. The molecule has 0 bridgehead atoms. The summed E-state index contributed by atoms with van der Waals surface area (Å²) in [4.78, 5) is 18.5. The van der Waals surface area contributed by atoms with E-state index in [1.54, 1.807) is 6.92 Å². The van der Waals surface area contributed by atoms with Gasteiger partial charge in [0.1, 0.15) is 5.60 Å². The standard InChI is InChI=1S/C24H32N4O2.HI/c1-3-25-23(27-18-24(2,30)21-11-5-4-6-12-21)26-16-19-9-7-10-20(15-19)17-28-14-8-13-22(28)29;/h4-7,9-12,15,30H,3,8,13-14,16-18H2,1-2H3,(H2,25,26,27);1H. The molecule has 1 saturated heterocycles. The summed E-state index contributed by atoms with van der Waals surface area (Å²) >= 11 is 0. The summed E-state index contributed by atoms with van der Waals surface area (Å²) in [5, 5.41) is 17.3. The topological polar surface area (TPSA) is 77.0 Å². The molecule has 3 rings (SSSR count). The van der Waals surface area contributed by atoms with Gasteiger partial charge in [-0.3, -0.25) is 4.79 Å². The van der Waals surface area contributed by atoms with E-state index in [0.29, 0.717) is 32.0 Å². The number of carbonyl (C=O) groups is 1. The highest BCUT2D eigenvalue weighted by molar-refractivity contribution is 14.0. The first kappa shape index (κ1) is 25.1. The molecule has 1 atom stereocenters. The van der Waals surface area contributed by atoms with E-state index in [1.165, 1.54) is 0 Å². The molecule has 168 valence electrons. The number of halogens is 1. The largest absolute Gasteiger partial charge is 0.384 e. The molecule has 1 aliphatic rings. The molecule has 31 heavy (non-hydrogen) atoms. The van der Waals surface area contributed by atoms with Crippen molar-refractivity contribution in [2.75, 3.05) is 19.6 Å². The monoisotopic (exact) mass is 536 g/mol. The lowest BCUT2D eigenvalue weighted by atomic mass is 9.96. The Bertz CT molecular complexity index is 871. The summed E-state index contributed by atoms with van der Waals surface area (Å²) in [7, 11) is 0. The average molecular weight is 536 g/mol. The minimum atomic E-state index is -1.00. The van der Waals surface area contributed by atoms with E-state index in [4.69, 9.17) is 0 Å². The van der Waals surface area contributed by atoms with E-state index in [9.17, 15) is 9.90 Å². The van der Waals surface area contributed by atoms with Crippen molar-refractivity contribution in [1.82, 2.24) is 15.5 Å². The zero-order valence-corrected chi connectivity index (χ0v) is 20.6. The lowest BCUT2D eigenvalue weighted by Crippen LogP contribution is -2.44. The van der Waals surface area contributed by atoms with Crippen molar-refractivity contribution in [2.45, 2.75) is 45.4 Å². The molecule has 3 N–H and O–H groups in total. The van der Waals surface area contributed by atoms with Crippen molar-refractivity contribution >= 4 is 35.8 Å². The van der Waals surface area contributed by atoms with E-state index >= 15 is 0 Å². The van der Waals surface area contributed by atoms with Gasteiger partial charge in [-0.2, -0.15) is 0 Å². The Morgan fingerprint density at radius 3 is 2.55 bits per heavy atom. The van der Waals surface area contributed by atoms with E-state index in [1.807, 2.05) is 54.3 Å². The number of nitrogens with one attached hydrogen (secondary N) is 2. The summed E-state index contributed by atoms with van der Waals surface area (Å²) in [6.45, 7) is 6.91. The van der Waals surface area contributed by atoms with Gasteiger partial charge in [-0.25, -0.2) is 4.99 Å². The predicted octanol–water partition coefficient (Wildman–Crippen LogP) is 3.39. The van der Waals surface area contributed by atoms with Gasteiger partial charge in [0.2, 0.25) is 5.91 Å². The molecule has 1 unspecified atom stereocenters. The first-order chi connectivity index (χ1) is 14.5. The van der Waals surface area contributed by atoms with Crippen LogP contribution in [0.4, 0.5) is 0 Å². The zero-order valence-electron chi connectivity index (χ0n) is 18.3. The number of aliphatic hydroxyl groups is 1. The molecule has 0 aromatic heterocycles. The lowest BCUT2D eigenvalue weighted by molar-refractivity contribution is -0.128. The van der Waals surface area contributed by atoms with Crippen LogP contribution in [0.3, 0.4) is 0 Å². The third kappa shape index (κ3) is 7.50. The van der Waals surface area contributed by atoms with E-state index in [0.717, 1.165) is 36.2 Å². The van der Waals surface area contributed by atoms with Crippen molar-refractivity contribution in [3.8, 4) is 0 Å². The number of hydrogen-bond donors (Lipinski definition) is 3. The van der Waals surface area contributed by atoms with Gasteiger partial charge < -0.3 is 20.6 Å². The van der Waals surface area contributed by atoms with Gasteiger partial charge in [-0.05, 0) is 37.0 Å². The maximum Gasteiger partial charge on any atom is 0.222 e. The quantitative estimate of drug-likeness (QED) is 0.275. The second kappa shape index (κ2) is 12.0. The molecule has 1 aliphatic heterocycles. The Balaban J connectivity index is 0.00000341. The third-order valence-electron chi connectivity index (χ3n) is 5.30. The first-order valence-electron chi connectivity index (χ1n) is 10.6. The Hall–Kier alpha value is -2.13. The van der Waals surface area contributed by atoms with Gasteiger partial charge in [0, 0.05) is 26.1 Å². The smallest absolute Gasteiger partial charge is 0.222 e. The van der Waals surface area contributed by atoms with Crippen molar-refractivity contribution in [3.05, 3.63) is 71.3 Å². The number of guanidine groups is 1. The molecule has 1 fully saturated rings. The van der Waals surface area contributed by atoms with Crippen molar-refractivity contribution in [2.24, 2.45) is 4.99 Å². The highest BCUT2D eigenvalue weighted by Gasteiger charge is 2.23. The molecule has 0 radical (unpaired) electrons. The second-order valence-corrected chi connectivity index (χ2v) is 7.93. The van der Waals surface area contributed by atoms with Crippen LogP contribution < -0.4 is 10.6 Å². The minimum absolute atomic E-state index is 0. The number of likely N-dealkylation sites (tertiary alicyclic amines) is 1. The van der Waals surface area contributed by atoms with Crippen LogP contribution >= 0.6 is 24.0 Å². The molecule has 7 heteroatoms. The second-order valence-electron chi connectivity index (χ2n) is 7.93. The molecule has 6 nitrogen and oxygen atoms in total. The van der Waals surface area contributed by atoms with Crippen LogP contribution in [0.5, 0.6) is 0 Å². The highest BCUT2D eigenvalue weighted by atomic mass is 127. The molecule has 1 amide bonds. The fraction of sp³-hybridized carbons (Fsp3) is 0.417. The van der Waals surface area contributed by atoms with Crippen molar-refractivity contribution < 1.29 is 9.90 Å². The number of benzene rings is 2. The normalized spacial score (nSPS) is 15.9. The maximum atomic E-state index is 11.9. The van der Waals surface area contributed by atoms with Gasteiger partial charge in [-0.1, -0.05) is 54.6 Å². The van der Waals surface area contributed by atoms with E-state index in [2.05, 4.69) is 27.8 Å². The van der Waals surface area contributed by atoms with Gasteiger partial charge in [0.05, 0.1) is 13.1 Å². The molecular weight excluding hydrogens is 503 g/mol. The van der Waals surface area contributed by atoms with Crippen LogP contribution in [0, 0.1) is 0 Å². The van der Waals surface area contributed by atoms with Crippen molar-refractivity contribution in [1.29, 1.82) is 0 Å². The SMILES string of the molecule is CCNC(=NCc1cccc(CN2CCCC2=O)c1)NCC(C)(O)c1ccccc1.I. The predicted molar refractivity (Wildman–Crippen MR) is 135 cm³/mol. The molecule has 1 heterocycles. The number of aliphatic imine (C=N–C) groups is 1. The molecular formula is C24H33IN4O2. The first-order valence-corrected chi connectivity index (χ1v) is 10.6. The Labute approximate surface area is 202 Å². The molecule has 0 saturated carbocycles. The van der Waals surface area contributed by atoms with Crippen LogP contribution in [0.2, 0.25) is 0 Å². The van der Waals surface area contributed by atoms with Gasteiger partial charge in [0.25, 0.3) is 0 Å². The van der Waals surface area contributed by atoms with Crippen LogP contribution in [0.15, 0.2) is 59.6 Å². The number of rotatable bonds is 8. The zero-order chi connectivity index (χ0) is 21.4. The average Bonchev–Trinajstić information content (AvgIpc) is 3.15. The Morgan fingerprint density at radius 1 is 1.13 bits per heavy atom. The summed E-state index contributed by atoms with van der Waals surface area (Å²) in [5.74, 6) is 0.899. The lowest BCUT2D eigenvalue weighted by Gasteiger charge is -2.25. The number of hydrogen-bond acceptors (Lipinski definition) is 3. The van der Waals surface area contributed by atoms with Crippen LogP contribution in [-0.2, 0) is 23.5 Å². The fourth-order valence-corrected chi connectivity index (χ4v) is 3.59. The highest BCUT2D eigenvalue weighted by Crippen LogP contribution is 2.19. The summed E-state index contributed by atoms with van der Waals surface area (Å²) in [5.41, 5.74) is 2.08. The number of amides is 1.